The van der Waals surface area contributed by atoms with Crippen LogP contribution in [0.15, 0.2) is 53.6 Å². The molecule has 1 fully saturated rings. The second kappa shape index (κ2) is 8.71. The molecule has 144 valence electrons. The molecule has 2 heterocycles. The molecule has 0 spiro atoms. The zero-order chi connectivity index (χ0) is 19.3. The van der Waals surface area contributed by atoms with Gasteiger partial charge in [-0.15, -0.1) is 0 Å². The summed E-state index contributed by atoms with van der Waals surface area (Å²) in [7, 11) is -3.44. The first kappa shape index (κ1) is 19.6. The molecule has 2 aromatic rings. The van der Waals surface area contributed by atoms with Gasteiger partial charge in [0.15, 0.2) is 9.84 Å². The monoisotopic (exact) mass is 408 g/mol. The number of sulfone groups is 1. The van der Waals surface area contributed by atoms with Crippen LogP contribution in [0, 0.1) is 0 Å². The van der Waals surface area contributed by atoms with E-state index in [2.05, 4.69) is 4.98 Å². The highest BCUT2D eigenvalue weighted by molar-refractivity contribution is 7.91. The molecule has 6 nitrogen and oxygen atoms in total. The number of carbonyl (C=O) groups is 1. The van der Waals surface area contributed by atoms with Gasteiger partial charge in [0.1, 0.15) is 6.10 Å². The predicted molar refractivity (Wildman–Crippen MR) is 103 cm³/mol. The van der Waals surface area contributed by atoms with Gasteiger partial charge in [0.2, 0.25) is 11.8 Å². The van der Waals surface area contributed by atoms with Crippen LogP contribution in [-0.4, -0.2) is 49.2 Å². The van der Waals surface area contributed by atoms with E-state index in [0.717, 1.165) is 0 Å². The Labute approximate surface area is 164 Å². The van der Waals surface area contributed by atoms with E-state index in [9.17, 15) is 13.2 Å². The zero-order valence-electron chi connectivity index (χ0n) is 14.8. The molecule has 0 radical (unpaired) electrons. The van der Waals surface area contributed by atoms with Gasteiger partial charge in [-0.05, 0) is 18.2 Å². The summed E-state index contributed by atoms with van der Waals surface area (Å²) in [4.78, 5) is 18.4. The van der Waals surface area contributed by atoms with E-state index in [1.54, 1.807) is 47.4 Å². The van der Waals surface area contributed by atoms with Crippen LogP contribution < -0.4 is 4.74 Å². The Morgan fingerprint density at radius 3 is 2.48 bits per heavy atom. The highest BCUT2D eigenvalue weighted by Crippen LogP contribution is 2.19. The molecule has 0 atom stereocenters. The second-order valence-corrected chi connectivity index (χ2v) is 8.94. The molecule has 1 saturated heterocycles. The molecule has 0 saturated carbocycles. The molecule has 1 amide bonds. The average molecular weight is 409 g/mol. The van der Waals surface area contributed by atoms with Crippen LogP contribution in [-0.2, 0) is 14.6 Å². The highest BCUT2D eigenvalue weighted by atomic mass is 35.5. The Bertz CT molecular complexity index is 864. The number of halogens is 1. The number of hydrogen-bond donors (Lipinski definition) is 0. The molecule has 3 rings (SSSR count). The topological polar surface area (TPSA) is 76.6 Å². The summed E-state index contributed by atoms with van der Waals surface area (Å²) < 4.78 is 30.4. The molecule has 0 bridgehead atoms. The number of benzene rings is 1. The fourth-order valence-corrected chi connectivity index (χ4v) is 4.31. The van der Waals surface area contributed by atoms with E-state index in [4.69, 9.17) is 16.3 Å². The molecule has 1 aromatic carbocycles. The van der Waals surface area contributed by atoms with E-state index in [-0.39, 0.29) is 29.1 Å². The molecule has 0 aliphatic carbocycles. The summed E-state index contributed by atoms with van der Waals surface area (Å²) in [5.41, 5.74) is 0. The maximum atomic E-state index is 12.4. The van der Waals surface area contributed by atoms with Crippen LogP contribution in [0.5, 0.6) is 5.88 Å². The number of rotatable bonds is 6. The van der Waals surface area contributed by atoms with Gasteiger partial charge in [0, 0.05) is 44.6 Å². The Kier molecular flexibility index (Phi) is 6.34. The minimum Gasteiger partial charge on any atom is -0.474 e. The first-order valence-electron chi connectivity index (χ1n) is 8.78. The first-order chi connectivity index (χ1) is 12.9. The number of likely N-dealkylation sites (tertiary alicyclic amines) is 1. The number of piperidine rings is 1. The van der Waals surface area contributed by atoms with Crippen molar-refractivity contribution < 1.29 is 17.9 Å². The summed E-state index contributed by atoms with van der Waals surface area (Å²) in [6.07, 6.45) is 2.86. The number of ether oxygens (including phenoxy) is 1. The van der Waals surface area contributed by atoms with Gasteiger partial charge in [0.25, 0.3) is 0 Å². The molecule has 1 aliphatic heterocycles. The Hall–Kier alpha value is -2.12. The van der Waals surface area contributed by atoms with E-state index >= 15 is 0 Å². The lowest BCUT2D eigenvalue weighted by molar-refractivity contribution is -0.132. The van der Waals surface area contributed by atoms with E-state index < -0.39 is 9.84 Å². The number of aromatic nitrogens is 1. The van der Waals surface area contributed by atoms with E-state index in [0.29, 0.717) is 36.8 Å². The van der Waals surface area contributed by atoms with Gasteiger partial charge in [-0.3, -0.25) is 4.79 Å². The molecule has 1 aromatic heterocycles. The van der Waals surface area contributed by atoms with Gasteiger partial charge in [0.05, 0.1) is 15.7 Å². The zero-order valence-corrected chi connectivity index (χ0v) is 16.3. The number of amides is 1. The quantitative estimate of drug-likeness (QED) is 0.734. The lowest BCUT2D eigenvalue weighted by atomic mass is 10.1. The highest BCUT2D eigenvalue weighted by Gasteiger charge is 2.25. The van der Waals surface area contributed by atoms with Crippen molar-refractivity contribution in [1.29, 1.82) is 0 Å². The van der Waals surface area contributed by atoms with Crippen LogP contribution in [0.2, 0.25) is 5.02 Å². The number of hydrogen-bond acceptors (Lipinski definition) is 5. The summed E-state index contributed by atoms with van der Waals surface area (Å²) in [6.45, 7) is 1.09. The van der Waals surface area contributed by atoms with Crippen molar-refractivity contribution >= 4 is 27.3 Å². The molecule has 1 aliphatic rings. The standard InChI is InChI=1S/C19H21ClN2O4S/c20-15-6-7-18(21-14-15)26-16-8-11-22(12-9-16)19(23)10-13-27(24,25)17-4-2-1-3-5-17/h1-7,14,16H,8-13H2. The van der Waals surface area contributed by atoms with E-state index in [1.165, 1.54) is 6.20 Å². The van der Waals surface area contributed by atoms with Gasteiger partial charge in [-0.1, -0.05) is 29.8 Å². The normalized spacial score (nSPS) is 15.5. The SMILES string of the molecule is O=C(CCS(=O)(=O)c1ccccc1)N1CCC(Oc2ccc(Cl)cn2)CC1. The third-order valence-electron chi connectivity index (χ3n) is 4.47. The first-order valence-corrected chi connectivity index (χ1v) is 10.8. The third kappa shape index (κ3) is 5.43. The maximum Gasteiger partial charge on any atom is 0.223 e. The van der Waals surface area contributed by atoms with Crippen LogP contribution in [0.25, 0.3) is 0 Å². The van der Waals surface area contributed by atoms with Crippen LogP contribution in [0.1, 0.15) is 19.3 Å². The van der Waals surface area contributed by atoms with Crippen molar-refractivity contribution in [3.05, 3.63) is 53.7 Å². The van der Waals surface area contributed by atoms with Crippen LogP contribution in [0.4, 0.5) is 0 Å². The van der Waals surface area contributed by atoms with E-state index in [1.807, 2.05) is 0 Å². The number of carbonyl (C=O) groups excluding carboxylic acids is 1. The lowest BCUT2D eigenvalue weighted by Crippen LogP contribution is -2.42. The van der Waals surface area contributed by atoms with Crippen molar-refractivity contribution in [3.8, 4) is 5.88 Å². The summed E-state index contributed by atoms with van der Waals surface area (Å²) in [5, 5.41) is 0.549. The average Bonchev–Trinajstić information content (AvgIpc) is 2.69. The molecule has 8 heteroatoms. The molecule has 27 heavy (non-hydrogen) atoms. The van der Waals surface area contributed by atoms with Gasteiger partial charge in [-0.2, -0.15) is 0 Å². The Balaban J connectivity index is 1.46. The Morgan fingerprint density at radius 1 is 1.15 bits per heavy atom. The van der Waals surface area contributed by atoms with Crippen molar-refractivity contribution in [1.82, 2.24) is 9.88 Å². The summed E-state index contributed by atoms with van der Waals surface area (Å²) in [5.74, 6) is 0.191. The minimum atomic E-state index is -3.44. The largest absolute Gasteiger partial charge is 0.474 e. The molecule has 0 N–H and O–H groups in total. The van der Waals surface area contributed by atoms with Crippen molar-refractivity contribution in [3.63, 3.8) is 0 Å². The van der Waals surface area contributed by atoms with Gasteiger partial charge < -0.3 is 9.64 Å². The number of nitrogens with zero attached hydrogens (tertiary/aromatic N) is 2. The lowest BCUT2D eigenvalue weighted by Gasteiger charge is -2.32. The summed E-state index contributed by atoms with van der Waals surface area (Å²) in [6, 6.07) is 11.6. The van der Waals surface area contributed by atoms with Crippen LogP contribution in [0.3, 0.4) is 0 Å². The molecule has 0 unspecified atom stereocenters. The fraction of sp³-hybridized carbons (Fsp3) is 0.368. The molecular formula is C19H21ClN2O4S. The third-order valence-corrected chi connectivity index (χ3v) is 6.42. The molecular weight excluding hydrogens is 388 g/mol. The number of pyridine rings is 1. The van der Waals surface area contributed by atoms with Gasteiger partial charge in [-0.25, -0.2) is 13.4 Å². The Morgan fingerprint density at radius 2 is 1.85 bits per heavy atom. The second-order valence-electron chi connectivity index (χ2n) is 6.39. The summed E-state index contributed by atoms with van der Waals surface area (Å²) >= 11 is 5.80. The van der Waals surface area contributed by atoms with Crippen molar-refractivity contribution in [2.24, 2.45) is 0 Å². The maximum absolute atomic E-state index is 12.4. The predicted octanol–water partition coefficient (Wildman–Crippen LogP) is 2.97. The van der Waals surface area contributed by atoms with Gasteiger partial charge >= 0.3 is 0 Å². The van der Waals surface area contributed by atoms with Crippen molar-refractivity contribution in [2.45, 2.75) is 30.3 Å². The van der Waals surface area contributed by atoms with Crippen molar-refractivity contribution in [2.75, 3.05) is 18.8 Å². The fourth-order valence-electron chi connectivity index (χ4n) is 2.95. The minimum absolute atomic E-state index is 0.0124. The van der Waals surface area contributed by atoms with Crippen LogP contribution >= 0.6 is 11.6 Å². The smallest absolute Gasteiger partial charge is 0.223 e.